The summed E-state index contributed by atoms with van der Waals surface area (Å²) in [7, 11) is 0. The lowest BCUT2D eigenvalue weighted by Crippen LogP contribution is -2.13. The fraction of sp³-hybridized carbons (Fsp3) is 0.333. The average molecular weight is 216 g/mol. The molecule has 0 radical (unpaired) electrons. The van der Waals surface area contributed by atoms with Gasteiger partial charge in [0.15, 0.2) is 0 Å². The van der Waals surface area contributed by atoms with Gasteiger partial charge >= 0.3 is 0 Å². The Morgan fingerprint density at radius 2 is 1.88 bits per heavy atom. The Bertz CT molecular complexity index is 405. The van der Waals surface area contributed by atoms with Crippen molar-refractivity contribution in [1.82, 2.24) is 20.5 Å². The lowest BCUT2D eigenvalue weighted by atomic mass is 10.1. The molecule has 84 valence electrons. The molecule has 2 N–H and O–H groups in total. The van der Waals surface area contributed by atoms with Crippen LogP contribution in [0.3, 0.4) is 0 Å². The zero-order valence-electron chi connectivity index (χ0n) is 9.40. The average Bonchev–Trinajstić information content (AvgIpc) is 2.83. The first-order valence-electron chi connectivity index (χ1n) is 5.51. The summed E-state index contributed by atoms with van der Waals surface area (Å²) in [5.41, 5.74) is 2.66. The van der Waals surface area contributed by atoms with E-state index < -0.39 is 0 Å². The third-order valence-corrected chi connectivity index (χ3v) is 2.52. The van der Waals surface area contributed by atoms with Crippen molar-refractivity contribution in [3.8, 4) is 0 Å². The summed E-state index contributed by atoms with van der Waals surface area (Å²) in [6.07, 6.45) is 2.61. The van der Waals surface area contributed by atoms with Gasteiger partial charge < -0.3 is 5.32 Å². The summed E-state index contributed by atoms with van der Waals surface area (Å²) in [5.74, 6) is 0.866. The second-order valence-electron chi connectivity index (χ2n) is 3.71. The van der Waals surface area contributed by atoms with Crippen LogP contribution in [0.1, 0.15) is 23.9 Å². The number of hydrogen-bond acceptors (Lipinski definition) is 3. The van der Waals surface area contributed by atoms with E-state index in [1.165, 1.54) is 17.5 Å². The standard InChI is InChI=1S/C12H16N4/c1-2-10-3-5-11(6-4-10)7-13-8-12-14-9-15-16-12/h3-6,9,13H,2,7-8H2,1H3,(H,14,15,16). The lowest BCUT2D eigenvalue weighted by molar-refractivity contribution is 0.664. The Balaban J connectivity index is 1.81. The molecule has 2 aromatic rings. The number of aromatic nitrogens is 3. The van der Waals surface area contributed by atoms with Crippen LogP contribution in [-0.4, -0.2) is 15.2 Å². The molecule has 0 saturated heterocycles. The molecule has 0 unspecified atom stereocenters. The fourth-order valence-corrected chi connectivity index (χ4v) is 1.53. The quantitative estimate of drug-likeness (QED) is 0.799. The van der Waals surface area contributed by atoms with Crippen LogP contribution in [0, 0.1) is 0 Å². The number of nitrogens with zero attached hydrogens (tertiary/aromatic N) is 2. The highest BCUT2D eigenvalue weighted by Gasteiger charge is 1.96. The predicted octanol–water partition coefficient (Wildman–Crippen LogP) is 1.66. The van der Waals surface area contributed by atoms with Crippen LogP contribution < -0.4 is 5.32 Å². The van der Waals surface area contributed by atoms with Crippen molar-refractivity contribution in [2.75, 3.05) is 0 Å². The summed E-state index contributed by atoms with van der Waals surface area (Å²) in [4.78, 5) is 4.05. The number of nitrogens with one attached hydrogen (secondary N) is 2. The second kappa shape index (κ2) is 5.42. The van der Waals surface area contributed by atoms with Crippen molar-refractivity contribution in [1.29, 1.82) is 0 Å². The van der Waals surface area contributed by atoms with Crippen LogP contribution in [0.5, 0.6) is 0 Å². The second-order valence-corrected chi connectivity index (χ2v) is 3.71. The fourth-order valence-electron chi connectivity index (χ4n) is 1.53. The Morgan fingerprint density at radius 1 is 1.12 bits per heavy atom. The molecule has 2 rings (SSSR count). The van der Waals surface area contributed by atoms with E-state index in [9.17, 15) is 0 Å². The van der Waals surface area contributed by atoms with E-state index in [2.05, 4.69) is 51.7 Å². The Labute approximate surface area is 95.1 Å². The zero-order chi connectivity index (χ0) is 11.2. The van der Waals surface area contributed by atoms with Crippen LogP contribution in [-0.2, 0) is 19.5 Å². The number of aromatic amines is 1. The van der Waals surface area contributed by atoms with E-state index >= 15 is 0 Å². The first-order chi connectivity index (χ1) is 7.88. The summed E-state index contributed by atoms with van der Waals surface area (Å²) < 4.78 is 0. The van der Waals surface area contributed by atoms with Crippen molar-refractivity contribution in [3.63, 3.8) is 0 Å². The number of rotatable bonds is 5. The molecule has 0 fully saturated rings. The minimum absolute atomic E-state index is 0.718. The zero-order valence-corrected chi connectivity index (χ0v) is 9.40. The molecule has 0 aliphatic carbocycles. The SMILES string of the molecule is CCc1ccc(CNCc2ncn[nH]2)cc1. The van der Waals surface area contributed by atoms with E-state index in [-0.39, 0.29) is 0 Å². The van der Waals surface area contributed by atoms with Crippen molar-refractivity contribution in [3.05, 3.63) is 47.5 Å². The molecule has 0 bridgehead atoms. The summed E-state index contributed by atoms with van der Waals surface area (Å²) in [6.45, 7) is 3.73. The van der Waals surface area contributed by atoms with Crippen LogP contribution >= 0.6 is 0 Å². The molecule has 4 nitrogen and oxygen atoms in total. The van der Waals surface area contributed by atoms with E-state index in [1.54, 1.807) is 0 Å². The van der Waals surface area contributed by atoms with Crippen LogP contribution in [0.25, 0.3) is 0 Å². The first-order valence-corrected chi connectivity index (χ1v) is 5.51. The number of aryl methyl sites for hydroxylation is 1. The molecule has 0 atom stereocenters. The van der Waals surface area contributed by atoms with E-state index in [1.807, 2.05) is 0 Å². The highest BCUT2D eigenvalue weighted by molar-refractivity contribution is 5.22. The normalized spacial score (nSPS) is 10.6. The van der Waals surface area contributed by atoms with Crippen LogP contribution in [0.4, 0.5) is 0 Å². The van der Waals surface area contributed by atoms with Gasteiger partial charge in [0, 0.05) is 6.54 Å². The van der Waals surface area contributed by atoms with Crippen LogP contribution in [0.15, 0.2) is 30.6 Å². The van der Waals surface area contributed by atoms with Gasteiger partial charge in [0.1, 0.15) is 12.2 Å². The maximum Gasteiger partial charge on any atom is 0.138 e. The number of hydrogen-bond donors (Lipinski definition) is 2. The smallest absolute Gasteiger partial charge is 0.138 e. The third kappa shape index (κ3) is 2.90. The van der Waals surface area contributed by atoms with Gasteiger partial charge in [-0.25, -0.2) is 4.98 Å². The van der Waals surface area contributed by atoms with E-state index in [0.717, 1.165) is 25.3 Å². The molecular weight excluding hydrogens is 200 g/mol. The molecule has 1 aromatic heterocycles. The molecule has 0 spiro atoms. The van der Waals surface area contributed by atoms with Gasteiger partial charge in [0.2, 0.25) is 0 Å². The van der Waals surface area contributed by atoms with Gasteiger partial charge in [-0.15, -0.1) is 0 Å². The van der Waals surface area contributed by atoms with Crippen molar-refractivity contribution >= 4 is 0 Å². The van der Waals surface area contributed by atoms with Gasteiger partial charge in [0.05, 0.1) is 6.54 Å². The molecule has 0 aliphatic heterocycles. The molecular formula is C12H16N4. The maximum atomic E-state index is 4.05. The highest BCUT2D eigenvalue weighted by atomic mass is 15.2. The number of benzene rings is 1. The van der Waals surface area contributed by atoms with Crippen molar-refractivity contribution in [2.45, 2.75) is 26.4 Å². The molecule has 1 aromatic carbocycles. The highest BCUT2D eigenvalue weighted by Crippen LogP contribution is 2.04. The largest absolute Gasteiger partial charge is 0.306 e. The lowest BCUT2D eigenvalue weighted by Gasteiger charge is -2.03. The molecule has 0 aliphatic rings. The molecule has 0 saturated carbocycles. The molecule has 4 heteroatoms. The summed E-state index contributed by atoms with van der Waals surface area (Å²) in [6, 6.07) is 8.66. The minimum atomic E-state index is 0.718. The maximum absolute atomic E-state index is 4.05. The summed E-state index contributed by atoms with van der Waals surface area (Å²) >= 11 is 0. The first kappa shape index (κ1) is 10.8. The van der Waals surface area contributed by atoms with Gasteiger partial charge in [-0.2, -0.15) is 5.10 Å². The monoisotopic (exact) mass is 216 g/mol. The Morgan fingerprint density at radius 3 is 2.50 bits per heavy atom. The predicted molar refractivity (Wildman–Crippen MR) is 62.7 cm³/mol. The van der Waals surface area contributed by atoms with Crippen LogP contribution in [0.2, 0.25) is 0 Å². The molecule has 1 heterocycles. The topological polar surface area (TPSA) is 53.6 Å². The van der Waals surface area contributed by atoms with E-state index in [4.69, 9.17) is 0 Å². The minimum Gasteiger partial charge on any atom is -0.306 e. The van der Waals surface area contributed by atoms with Crippen molar-refractivity contribution in [2.24, 2.45) is 0 Å². The Kier molecular flexibility index (Phi) is 3.66. The van der Waals surface area contributed by atoms with Gasteiger partial charge in [-0.3, -0.25) is 5.10 Å². The van der Waals surface area contributed by atoms with Gasteiger partial charge in [-0.1, -0.05) is 31.2 Å². The molecule has 16 heavy (non-hydrogen) atoms. The van der Waals surface area contributed by atoms with Crippen molar-refractivity contribution < 1.29 is 0 Å². The van der Waals surface area contributed by atoms with E-state index in [0.29, 0.717) is 0 Å². The molecule has 0 amide bonds. The third-order valence-electron chi connectivity index (χ3n) is 2.52. The van der Waals surface area contributed by atoms with Gasteiger partial charge in [0.25, 0.3) is 0 Å². The number of H-pyrrole nitrogens is 1. The summed E-state index contributed by atoms with van der Waals surface area (Å²) in [5, 5.41) is 9.92. The Hall–Kier alpha value is -1.68. The van der Waals surface area contributed by atoms with Gasteiger partial charge in [-0.05, 0) is 17.5 Å².